The van der Waals surface area contributed by atoms with Crippen LogP contribution in [0.3, 0.4) is 0 Å². The van der Waals surface area contributed by atoms with Gasteiger partial charge in [0.05, 0.1) is 12.3 Å². The van der Waals surface area contributed by atoms with Gasteiger partial charge in [-0.15, -0.1) is 0 Å². The molecule has 0 saturated carbocycles. The summed E-state index contributed by atoms with van der Waals surface area (Å²) in [5.41, 5.74) is 8.55. The van der Waals surface area contributed by atoms with Gasteiger partial charge in [0.2, 0.25) is 0 Å². The predicted octanol–water partition coefficient (Wildman–Crippen LogP) is 3.40. The Kier molecular flexibility index (Phi) is 9.70. The fourth-order valence-corrected chi connectivity index (χ4v) is 7.01. The summed E-state index contributed by atoms with van der Waals surface area (Å²) in [6.07, 6.45) is 1.25. The molecule has 44 heavy (non-hydrogen) atoms. The molecule has 0 bridgehead atoms. The number of ether oxygens (including phenoxy) is 2. The molecule has 2 amide bonds. The minimum atomic E-state index is -0.513. The number of hydrogen-bond acceptors (Lipinski definition) is 9. The zero-order valence-corrected chi connectivity index (χ0v) is 28.0. The van der Waals surface area contributed by atoms with Crippen LogP contribution in [0.5, 0.6) is 0 Å². The van der Waals surface area contributed by atoms with Crippen molar-refractivity contribution in [3.8, 4) is 0 Å². The van der Waals surface area contributed by atoms with Crippen molar-refractivity contribution in [3.63, 3.8) is 0 Å². The molecule has 2 N–H and O–H groups in total. The molecule has 1 aromatic carbocycles. The van der Waals surface area contributed by atoms with Gasteiger partial charge < -0.3 is 34.8 Å². The molecule has 0 radical (unpaired) electrons. The molecule has 246 valence electrons. The zero-order chi connectivity index (χ0) is 31.8. The molecule has 3 unspecified atom stereocenters. The highest BCUT2D eigenvalue weighted by molar-refractivity contribution is 5.68. The third-order valence-electron chi connectivity index (χ3n) is 9.36. The number of piperazine rings is 2. The van der Waals surface area contributed by atoms with E-state index in [1.165, 1.54) is 11.3 Å². The second kappa shape index (κ2) is 13.0. The molecule has 0 spiro atoms. The molecule has 4 heterocycles. The van der Waals surface area contributed by atoms with E-state index in [9.17, 15) is 9.59 Å². The van der Waals surface area contributed by atoms with Crippen LogP contribution in [0.15, 0.2) is 24.3 Å². The Morgan fingerprint density at radius 1 is 0.727 bits per heavy atom. The van der Waals surface area contributed by atoms with Crippen molar-refractivity contribution in [1.29, 1.82) is 0 Å². The van der Waals surface area contributed by atoms with Gasteiger partial charge in [-0.05, 0) is 79.1 Å². The third kappa shape index (κ3) is 7.61. The van der Waals surface area contributed by atoms with E-state index in [1.54, 1.807) is 0 Å². The zero-order valence-electron chi connectivity index (χ0n) is 28.0. The number of nitrogens with two attached hydrogens (primary N) is 1. The highest BCUT2D eigenvalue weighted by atomic mass is 16.6. The third-order valence-corrected chi connectivity index (χ3v) is 9.36. The quantitative estimate of drug-likeness (QED) is 0.548. The molecule has 11 heteroatoms. The normalized spacial score (nSPS) is 26.8. The highest BCUT2D eigenvalue weighted by Crippen LogP contribution is 2.44. The molecule has 0 aromatic heterocycles. The number of likely N-dealkylation sites (tertiary alicyclic amines) is 2. The molecule has 4 aliphatic rings. The van der Waals surface area contributed by atoms with Crippen molar-refractivity contribution in [3.05, 3.63) is 29.8 Å². The van der Waals surface area contributed by atoms with Crippen LogP contribution in [0.2, 0.25) is 0 Å². The van der Waals surface area contributed by atoms with Gasteiger partial charge in [-0.2, -0.15) is 0 Å². The Bertz CT molecular complexity index is 1130. The first-order valence-electron chi connectivity index (χ1n) is 16.5. The highest BCUT2D eigenvalue weighted by Gasteiger charge is 2.53. The number of carbonyl (C=O) groups is 2. The lowest BCUT2D eigenvalue weighted by Crippen LogP contribution is -2.76. The Balaban J connectivity index is 1.29. The number of nitrogens with zero attached hydrogens (tertiary/aromatic N) is 6. The molecular formula is C33H55N7O4. The first-order chi connectivity index (χ1) is 20.7. The number of anilines is 1. The monoisotopic (exact) mass is 613 g/mol. The van der Waals surface area contributed by atoms with Crippen LogP contribution in [0.4, 0.5) is 15.3 Å². The molecule has 0 aliphatic carbocycles. The molecular weight excluding hydrogens is 558 g/mol. The first kappa shape index (κ1) is 32.8. The number of hydrogen-bond donors (Lipinski definition) is 1. The number of rotatable bonds is 4. The molecule has 5 rings (SSSR count). The molecule has 4 saturated heterocycles. The van der Waals surface area contributed by atoms with Crippen LogP contribution >= 0.6 is 0 Å². The SMILES string of the molecule is CN1CCN(c2ccc(C3C(N)N(C4CCN(C(=O)OC(C)(C)C)CC4)C3N3CCN(C(=O)OC(C)(C)C)CC3)cc2)CC1. The summed E-state index contributed by atoms with van der Waals surface area (Å²) in [6, 6.07) is 9.33. The van der Waals surface area contributed by atoms with Gasteiger partial charge in [0.25, 0.3) is 0 Å². The second-order valence-corrected chi connectivity index (χ2v) is 15.0. The Morgan fingerprint density at radius 2 is 1.23 bits per heavy atom. The molecule has 1 aromatic rings. The number of amides is 2. The molecule has 4 fully saturated rings. The van der Waals surface area contributed by atoms with Crippen molar-refractivity contribution in [2.24, 2.45) is 5.73 Å². The van der Waals surface area contributed by atoms with Crippen LogP contribution < -0.4 is 10.6 Å². The van der Waals surface area contributed by atoms with Crippen LogP contribution in [0.25, 0.3) is 0 Å². The summed E-state index contributed by atoms with van der Waals surface area (Å²) in [5, 5.41) is 0. The smallest absolute Gasteiger partial charge is 0.410 e. The number of carbonyl (C=O) groups excluding carboxylic acids is 2. The Morgan fingerprint density at radius 3 is 1.73 bits per heavy atom. The first-order valence-corrected chi connectivity index (χ1v) is 16.5. The maximum absolute atomic E-state index is 12.8. The molecule has 4 aliphatic heterocycles. The second-order valence-electron chi connectivity index (χ2n) is 15.0. The van der Waals surface area contributed by atoms with E-state index in [0.29, 0.717) is 26.2 Å². The average molecular weight is 614 g/mol. The number of benzene rings is 1. The van der Waals surface area contributed by atoms with E-state index in [0.717, 1.165) is 52.1 Å². The van der Waals surface area contributed by atoms with E-state index >= 15 is 0 Å². The van der Waals surface area contributed by atoms with Crippen LogP contribution in [-0.2, 0) is 9.47 Å². The van der Waals surface area contributed by atoms with Gasteiger partial charge in [-0.1, -0.05) is 12.1 Å². The van der Waals surface area contributed by atoms with Crippen molar-refractivity contribution < 1.29 is 19.1 Å². The van der Waals surface area contributed by atoms with Crippen LogP contribution in [0, 0.1) is 0 Å². The summed E-state index contributed by atoms with van der Waals surface area (Å²) in [5.74, 6) is 0.161. The summed E-state index contributed by atoms with van der Waals surface area (Å²) < 4.78 is 11.3. The van der Waals surface area contributed by atoms with Gasteiger partial charge in [0, 0.05) is 83.1 Å². The summed E-state index contributed by atoms with van der Waals surface area (Å²) in [6.45, 7) is 19.8. The molecule has 11 nitrogen and oxygen atoms in total. The van der Waals surface area contributed by atoms with Crippen molar-refractivity contribution in [2.45, 2.75) is 89.9 Å². The van der Waals surface area contributed by atoms with Gasteiger partial charge in [0.15, 0.2) is 0 Å². The maximum atomic E-state index is 12.8. The van der Waals surface area contributed by atoms with Crippen LogP contribution in [0.1, 0.15) is 65.9 Å². The van der Waals surface area contributed by atoms with E-state index in [2.05, 4.69) is 50.9 Å². The lowest BCUT2D eigenvalue weighted by atomic mass is 9.80. The lowest BCUT2D eigenvalue weighted by molar-refractivity contribution is -0.145. The lowest BCUT2D eigenvalue weighted by Gasteiger charge is -2.62. The van der Waals surface area contributed by atoms with E-state index in [1.807, 2.05) is 51.3 Å². The van der Waals surface area contributed by atoms with E-state index in [4.69, 9.17) is 15.2 Å². The van der Waals surface area contributed by atoms with Gasteiger partial charge in [-0.25, -0.2) is 9.59 Å². The van der Waals surface area contributed by atoms with Crippen molar-refractivity contribution in [2.75, 3.05) is 77.4 Å². The van der Waals surface area contributed by atoms with Gasteiger partial charge in [0.1, 0.15) is 11.2 Å². The van der Waals surface area contributed by atoms with E-state index < -0.39 is 11.2 Å². The average Bonchev–Trinajstić information content (AvgIpc) is 2.95. The number of likely N-dealkylation sites (N-methyl/N-ethyl adjacent to an activating group) is 1. The van der Waals surface area contributed by atoms with Crippen molar-refractivity contribution >= 4 is 17.9 Å². The fourth-order valence-electron chi connectivity index (χ4n) is 7.01. The summed E-state index contributed by atoms with van der Waals surface area (Å²) in [4.78, 5) is 39.0. The molecule has 3 atom stereocenters. The standard InChI is InChI=1S/C33H55N7O4/c1-32(2,3)43-30(41)38-14-12-26(13-15-38)40-28(34)27(24-8-10-25(11-9-24)36-18-16-35(7)17-19-36)29(40)37-20-22-39(23-21-37)31(42)44-33(4,5)6/h8-11,26-29H,12-23,34H2,1-7H3. The predicted molar refractivity (Wildman–Crippen MR) is 173 cm³/mol. The minimum Gasteiger partial charge on any atom is -0.444 e. The summed E-state index contributed by atoms with van der Waals surface area (Å²) >= 11 is 0. The largest absolute Gasteiger partial charge is 0.444 e. The number of piperidine rings is 1. The maximum Gasteiger partial charge on any atom is 0.410 e. The minimum absolute atomic E-state index is 0.114. The Hall–Kier alpha value is -2.60. The Labute approximate surface area is 264 Å². The van der Waals surface area contributed by atoms with Gasteiger partial charge >= 0.3 is 12.2 Å². The van der Waals surface area contributed by atoms with E-state index in [-0.39, 0.29) is 36.5 Å². The van der Waals surface area contributed by atoms with Crippen molar-refractivity contribution in [1.82, 2.24) is 24.5 Å². The fraction of sp³-hybridized carbons (Fsp3) is 0.758. The van der Waals surface area contributed by atoms with Crippen LogP contribution in [-0.4, -0.2) is 139 Å². The summed E-state index contributed by atoms with van der Waals surface area (Å²) in [7, 11) is 2.18. The van der Waals surface area contributed by atoms with Gasteiger partial charge in [-0.3, -0.25) is 9.80 Å². The topological polar surface area (TPSA) is 98.1 Å².